The van der Waals surface area contributed by atoms with Gasteiger partial charge in [0, 0.05) is 13.0 Å². The first-order valence-corrected chi connectivity index (χ1v) is 16.4. The Bertz CT molecular complexity index is 1310. The molecular formula is C37H55N3O6. The molecule has 2 N–H and O–H groups in total. The van der Waals surface area contributed by atoms with Crippen molar-refractivity contribution in [3.8, 4) is 0 Å². The third-order valence-corrected chi connectivity index (χ3v) is 7.22. The Labute approximate surface area is 275 Å². The maximum Gasteiger partial charge on any atom is 0.408 e. The van der Waals surface area contributed by atoms with E-state index in [0.717, 1.165) is 36.0 Å². The number of aryl methyl sites for hydroxylation is 2. The lowest BCUT2D eigenvalue weighted by molar-refractivity contribution is -0.159. The highest BCUT2D eigenvalue weighted by molar-refractivity contribution is 5.94. The fraction of sp³-hybridized carbons (Fsp3) is 0.568. The number of esters is 1. The second kappa shape index (κ2) is 17.2. The van der Waals surface area contributed by atoms with Gasteiger partial charge in [0.25, 0.3) is 0 Å². The summed E-state index contributed by atoms with van der Waals surface area (Å²) in [4.78, 5) is 56.4. The van der Waals surface area contributed by atoms with Gasteiger partial charge in [0.2, 0.25) is 11.8 Å². The highest BCUT2D eigenvalue weighted by atomic mass is 16.6. The number of amides is 3. The van der Waals surface area contributed by atoms with Crippen molar-refractivity contribution in [2.45, 2.75) is 131 Å². The predicted octanol–water partition coefficient (Wildman–Crippen LogP) is 6.74. The van der Waals surface area contributed by atoms with Gasteiger partial charge in [0.05, 0.1) is 0 Å². The maximum atomic E-state index is 14.5. The molecule has 0 radical (unpaired) electrons. The molecule has 0 aliphatic carbocycles. The smallest absolute Gasteiger partial charge is 0.408 e. The number of benzene rings is 2. The van der Waals surface area contributed by atoms with Crippen LogP contribution in [0.1, 0.15) is 109 Å². The number of alkyl carbamates (subject to hydrolysis) is 1. The first-order valence-electron chi connectivity index (χ1n) is 16.4. The molecule has 2 aromatic carbocycles. The van der Waals surface area contributed by atoms with Crippen LogP contribution in [0.4, 0.5) is 4.79 Å². The Hall–Kier alpha value is -3.88. The molecule has 3 atom stereocenters. The Morgan fingerprint density at radius 2 is 1.46 bits per heavy atom. The first-order chi connectivity index (χ1) is 21.4. The van der Waals surface area contributed by atoms with Crippen LogP contribution < -0.4 is 10.6 Å². The van der Waals surface area contributed by atoms with Crippen LogP contribution in [0.15, 0.2) is 48.5 Å². The van der Waals surface area contributed by atoms with Crippen LogP contribution in [0.2, 0.25) is 0 Å². The van der Waals surface area contributed by atoms with Crippen molar-refractivity contribution >= 4 is 23.9 Å². The van der Waals surface area contributed by atoms with E-state index >= 15 is 0 Å². The molecule has 9 nitrogen and oxygen atoms in total. The SMILES string of the molecule is CCCCCCN(C(=O)C(C)NC(=O)OC(C)(C)C)C(C(=O)NC(Cc1ccccc1)C(=O)OC(C)(C)C)c1cc(C)ccc1C. The second-order valence-electron chi connectivity index (χ2n) is 14.0. The van der Waals surface area contributed by atoms with Crippen molar-refractivity contribution < 1.29 is 28.7 Å². The number of hydrogen-bond donors (Lipinski definition) is 2. The third kappa shape index (κ3) is 12.9. The molecule has 0 saturated heterocycles. The quantitative estimate of drug-likeness (QED) is 0.175. The average Bonchev–Trinajstić information content (AvgIpc) is 2.94. The van der Waals surface area contributed by atoms with Gasteiger partial charge in [0.1, 0.15) is 29.3 Å². The summed E-state index contributed by atoms with van der Waals surface area (Å²) in [6, 6.07) is 12.1. The largest absolute Gasteiger partial charge is 0.458 e. The molecule has 0 saturated carbocycles. The van der Waals surface area contributed by atoms with E-state index in [1.807, 2.05) is 62.4 Å². The van der Waals surface area contributed by atoms with E-state index in [1.54, 1.807) is 48.5 Å². The predicted molar refractivity (Wildman–Crippen MR) is 181 cm³/mol. The summed E-state index contributed by atoms with van der Waals surface area (Å²) in [5, 5.41) is 5.61. The minimum absolute atomic E-state index is 0.210. The molecule has 9 heteroatoms. The van der Waals surface area contributed by atoms with Gasteiger partial charge >= 0.3 is 12.1 Å². The Kier molecular flexibility index (Phi) is 14.3. The second-order valence-corrected chi connectivity index (χ2v) is 14.0. The number of ether oxygens (including phenoxy) is 2. The van der Waals surface area contributed by atoms with E-state index in [1.165, 1.54) is 4.90 Å². The lowest BCUT2D eigenvalue weighted by Crippen LogP contribution is -2.54. The van der Waals surface area contributed by atoms with Gasteiger partial charge < -0.3 is 25.0 Å². The molecule has 2 rings (SSSR count). The summed E-state index contributed by atoms with van der Waals surface area (Å²) in [6.45, 7) is 18.4. The van der Waals surface area contributed by atoms with Gasteiger partial charge in [-0.1, -0.05) is 80.3 Å². The zero-order chi connectivity index (χ0) is 34.7. The minimum atomic E-state index is -1.07. The number of hydrogen-bond acceptors (Lipinski definition) is 6. The van der Waals surface area contributed by atoms with E-state index in [-0.39, 0.29) is 13.0 Å². The fourth-order valence-electron chi connectivity index (χ4n) is 5.04. The summed E-state index contributed by atoms with van der Waals surface area (Å²) in [5.41, 5.74) is 1.72. The molecule has 0 bridgehead atoms. The molecule has 0 fully saturated rings. The summed E-state index contributed by atoms with van der Waals surface area (Å²) < 4.78 is 11.1. The normalized spacial score (nSPS) is 13.6. The van der Waals surface area contributed by atoms with Crippen molar-refractivity contribution in [2.75, 3.05) is 6.54 Å². The Morgan fingerprint density at radius 1 is 0.826 bits per heavy atom. The Balaban J connectivity index is 2.59. The number of carbonyl (C=O) groups excluding carboxylic acids is 4. The zero-order valence-corrected chi connectivity index (χ0v) is 29.5. The van der Waals surface area contributed by atoms with Gasteiger partial charge in [-0.3, -0.25) is 9.59 Å². The standard InChI is InChI=1S/C37H55N3O6/c1-11-12-13-17-22-40(33(42)27(4)38-35(44)46-37(8,9)10)31(29-23-25(2)20-21-26(29)3)32(41)39-30(34(43)45-36(5,6)7)24-28-18-15-14-16-19-28/h14-16,18-21,23,27,30-31H,11-13,17,22,24H2,1-10H3,(H,38,44)(H,39,41). The summed E-state index contributed by atoms with van der Waals surface area (Å²) in [5.74, 6) is -1.50. The topological polar surface area (TPSA) is 114 Å². The summed E-state index contributed by atoms with van der Waals surface area (Å²) in [6.07, 6.45) is 2.99. The molecule has 0 spiro atoms. The van der Waals surface area contributed by atoms with Crippen molar-refractivity contribution in [3.63, 3.8) is 0 Å². The molecule has 0 aromatic heterocycles. The van der Waals surface area contributed by atoms with Crippen LogP contribution in [0.3, 0.4) is 0 Å². The number of rotatable bonds is 14. The van der Waals surface area contributed by atoms with Crippen LogP contribution in [-0.4, -0.2) is 58.6 Å². The molecule has 46 heavy (non-hydrogen) atoms. The molecule has 3 amide bonds. The van der Waals surface area contributed by atoms with E-state index in [0.29, 0.717) is 12.0 Å². The third-order valence-electron chi connectivity index (χ3n) is 7.22. The first kappa shape index (κ1) is 38.3. The number of unbranched alkanes of at least 4 members (excludes halogenated alkanes) is 3. The minimum Gasteiger partial charge on any atom is -0.458 e. The monoisotopic (exact) mass is 637 g/mol. The molecule has 0 aliphatic rings. The summed E-state index contributed by atoms with van der Waals surface area (Å²) in [7, 11) is 0. The van der Waals surface area contributed by atoms with Crippen LogP contribution in [0.25, 0.3) is 0 Å². The lowest BCUT2D eigenvalue weighted by atomic mass is 9.95. The molecule has 0 heterocycles. The van der Waals surface area contributed by atoms with Gasteiger partial charge in [-0.25, -0.2) is 9.59 Å². The van der Waals surface area contributed by atoms with Crippen molar-refractivity contribution in [1.82, 2.24) is 15.5 Å². The van der Waals surface area contributed by atoms with E-state index in [4.69, 9.17) is 9.47 Å². The molecule has 3 unspecified atom stereocenters. The van der Waals surface area contributed by atoms with Gasteiger partial charge in [-0.2, -0.15) is 0 Å². The van der Waals surface area contributed by atoms with Crippen LogP contribution >= 0.6 is 0 Å². The van der Waals surface area contributed by atoms with Gasteiger partial charge in [0.15, 0.2) is 0 Å². The number of nitrogens with zero attached hydrogens (tertiary/aromatic N) is 1. The van der Waals surface area contributed by atoms with E-state index in [2.05, 4.69) is 17.6 Å². The molecule has 2 aromatic rings. The Morgan fingerprint density at radius 3 is 2.04 bits per heavy atom. The van der Waals surface area contributed by atoms with E-state index < -0.39 is 53.2 Å². The van der Waals surface area contributed by atoms with Crippen molar-refractivity contribution in [2.24, 2.45) is 0 Å². The van der Waals surface area contributed by atoms with Crippen LogP contribution in [-0.2, 0) is 30.3 Å². The van der Waals surface area contributed by atoms with Gasteiger partial charge in [-0.05, 0) is 85.4 Å². The number of nitrogens with one attached hydrogen (secondary N) is 2. The average molecular weight is 638 g/mol. The lowest BCUT2D eigenvalue weighted by Gasteiger charge is -2.35. The van der Waals surface area contributed by atoms with Crippen LogP contribution in [0.5, 0.6) is 0 Å². The highest BCUT2D eigenvalue weighted by Gasteiger charge is 2.37. The molecule has 0 aliphatic heterocycles. The number of carbonyl (C=O) groups is 4. The van der Waals surface area contributed by atoms with E-state index in [9.17, 15) is 19.2 Å². The molecular weight excluding hydrogens is 582 g/mol. The van der Waals surface area contributed by atoms with Crippen molar-refractivity contribution in [3.05, 3.63) is 70.8 Å². The molecule has 254 valence electrons. The maximum absolute atomic E-state index is 14.5. The summed E-state index contributed by atoms with van der Waals surface area (Å²) >= 11 is 0. The van der Waals surface area contributed by atoms with Gasteiger partial charge in [-0.15, -0.1) is 0 Å². The van der Waals surface area contributed by atoms with Crippen LogP contribution in [0, 0.1) is 13.8 Å². The highest BCUT2D eigenvalue weighted by Crippen LogP contribution is 2.28. The fourth-order valence-corrected chi connectivity index (χ4v) is 5.04. The zero-order valence-electron chi connectivity index (χ0n) is 29.5. The van der Waals surface area contributed by atoms with Crippen molar-refractivity contribution in [1.29, 1.82) is 0 Å².